The summed E-state index contributed by atoms with van der Waals surface area (Å²) in [5.41, 5.74) is 1.30. The maximum Gasteiger partial charge on any atom is 0.0626 e. The minimum atomic E-state index is 0.165. The number of rotatable bonds is 4. The minimum Gasteiger partial charge on any atom is -0.312 e. The zero-order chi connectivity index (χ0) is 13.1. The van der Waals surface area contributed by atoms with Crippen molar-refractivity contribution in [3.8, 4) is 0 Å². The molecule has 0 spiro atoms. The standard InChI is InChI=1S/C14H21Cl2N/c1-10(8-9-17-14(2,3)4)11-6-5-7-12(15)13(11)16/h5-7,10,17H,8-9H2,1-4H3. The molecule has 1 nitrogen and oxygen atoms in total. The van der Waals surface area contributed by atoms with Gasteiger partial charge in [0.1, 0.15) is 0 Å². The maximum atomic E-state index is 6.20. The molecular weight excluding hydrogens is 253 g/mol. The molecule has 0 aromatic heterocycles. The van der Waals surface area contributed by atoms with E-state index in [1.165, 1.54) is 0 Å². The third-order valence-corrected chi connectivity index (χ3v) is 3.58. The molecular formula is C14H21Cl2N. The molecule has 0 aliphatic carbocycles. The number of hydrogen-bond acceptors (Lipinski definition) is 1. The van der Waals surface area contributed by atoms with E-state index in [1.807, 2.05) is 12.1 Å². The summed E-state index contributed by atoms with van der Waals surface area (Å²) in [5, 5.41) is 4.81. The first-order chi connectivity index (χ1) is 7.81. The fraction of sp³-hybridized carbons (Fsp3) is 0.571. The average molecular weight is 274 g/mol. The van der Waals surface area contributed by atoms with E-state index < -0.39 is 0 Å². The highest BCUT2D eigenvalue weighted by Gasteiger charge is 2.13. The smallest absolute Gasteiger partial charge is 0.0626 e. The predicted molar refractivity (Wildman–Crippen MR) is 77.2 cm³/mol. The van der Waals surface area contributed by atoms with Gasteiger partial charge in [-0.1, -0.05) is 42.3 Å². The zero-order valence-corrected chi connectivity index (χ0v) is 12.5. The Morgan fingerprint density at radius 2 is 1.88 bits per heavy atom. The largest absolute Gasteiger partial charge is 0.312 e. The molecule has 0 aliphatic heterocycles. The van der Waals surface area contributed by atoms with Crippen LogP contribution in [0.5, 0.6) is 0 Å². The Morgan fingerprint density at radius 3 is 2.47 bits per heavy atom. The summed E-state index contributed by atoms with van der Waals surface area (Å²) in [6.07, 6.45) is 1.05. The summed E-state index contributed by atoms with van der Waals surface area (Å²) < 4.78 is 0. The molecule has 1 unspecified atom stereocenters. The molecule has 0 saturated carbocycles. The van der Waals surface area contributed by atoms with Crippen LogP contribution in [0.4, 0.5) is 0 Å². The molecule has 1 aromatic rings. The first kappa shape index (κ1) is 14.8. The van der Waals surface area contributed by atoms with Crippen LogP contribution in [-0.2, 0) is 0 Å². The summed E-state index contributed by atoms with van der Waals surface area (Å²) in [7, 11) is 0. The van der Waals surface area contributed by atoms with Crippen molar-refractivity contribution in [2.45, 2.75) is 45.6 Å². The molecule has 0 bridgehead atoms. The topological polar surface area (TPSA) is 12.0 Å². The molecule has 1 rings (SSSR count). The minimum absolute atomic E-state index is 0.165. The van der Waals surface area contributed by atoms with Crippen LogP contribution in [0.25, 0.3) is 0 Å². The van der Waals surface area contributed by atoms with Crippen molar-refractivity contribution in [3.63, 3.8) is 0 Å². The van der Waals surface area contributed by atoms with Crippen molar-refractivity contribution in [1.29, 1.82) is 0 Å². The van der Waals surface area contributed by atoms with Crippen LogP contribution >= 0.6 is 23.2 Å². The van der Waals surface area contributed by atoms with Crippen LogP contribution in [0.3, 0.4) is 0 Å². The molecule has 0 heterocycles. The fourth-order valence-corrected chi connectivity index (χ4v) is 2.21. The van der Waals surface area contributed by atoms with E-state index in [9.17, 15) is 0 Å². The van der Waals surface area contributed by atoms with Crippen LogP contribution in [0.2, 0.25) is 10.0 Å². The normalized spacial score (nSPS) is 13.8. The van der Waals surface area contributed by atoms with Gasteiger partial charge >= 0.3 is 0 Å². The Kier molecular flexibility index (Phi) is 5.30. The van der Waals surface area contributed by atoms with Crippen LogP contribution in [-0.4, -0.2) is 12.1 Å². The lowest BCUT2D eigenvalue weighted by Crippen LogP contribution is -2.36. The zero-order valence-electron chi connectivity index (χ0n) is 11.0. The van der Waals surface area contributed by atoms with Crippen LogP contribution in [0.15, 0.2) is 18.2 Å². The maximum absolute atomic E-state index is 6.20. The first-order valence-corrected chi connectivity index (χ1v) is 6.76. The third-order valence-electron chi connectivity index (χ3n) is 2.75. The lowest BCUT2D eigenvalue weighted by molar-refractivity contribution is 0.413. The molecule has 0 saturated heterocycles. The van der Waals surface area contributed by atoms with E-state index in [-0.39, 0.29) is 5.54 Å². The average Bonchev–Trinajstić information content (AvgIpc) is 2.20. The van der Waals surface area contributed by atoms with E-state index >= 15 is 0 Å². The summed E-state index contributed by atoms with van der Waals surface area (Å²) in [6.45, 7) is 9.67. The lowest BCUT2D eigenvalue weighted by atomic mass is 9.97. The van der Waals surface area contributed by atoms with Crippen LogP contribution in [0.1, 0.15) is 45.6 Å². The first-order valence-electron chi connectivity index (χ1n) is 6.00. The Balaban J connectivity index is 2.58. The Morgan fingerprint density at radius 1 is 1.24 bits per heavy atom. The molecule has 1 atom stereocenters. The Hall–Kier alpha value is -0.240. The molecule has 0 amide bonds. The Bertz CT molecular complexity index is 369. The molecule has 0 aliphatic rings. The van der Waals surface area contributed by atoms with Gasteiger partial charge in [-0.15, -0.1) is 0 Å². The van der Waals surface area contributed by atoms with Gasteiger partial charge in [-0.2, -0.15) is 0 Å². The van der Waals surface area contributed by atoms with Crippen LogP contribution in [0, 0.1) is 0 Å². The van der Waals surface area contributed by atoms with Gasteiger partial charge in [-0.25, -0.2) is 0 Å². The van der Waals surface area contributed by atoms with Crippen molar-refractivity contribution in [2.75, 3.05) is 6.54 Å². The highest BCUT2D eigenvalue weighted by atomic mass is 35.5. The van der Waals surface area contributed by atoms with E-state index in [0.29, 0.717) is 16.0 Å². The summed E-state index contributed by atoms with van der Waals surface area (Å²) in [6, 6.07) is 5.83. The molecule has 0 radical (unpaired) electrons. The molecule has 96 valence electrons. The van der Waals surface area contributed by atoms with E-state index in [2.05, 4.69) is 39.1 Å². The monoisotopic (exact) mass is 273 g/mol. The van der Waals surface area contributed by atoms with E-state index in [1.54, 1.807) is 0 Å². The summed E-state index contributed by atoms with van der Waals surface area (Å²) in [5.74, 6) is 0.413. The quantitative estimate of drug-likeness (QED) is 0.825. The summed E-state index contributed by atoms with van der Waals surface area (Å²) >= 11 is 12.2. The highest BCUT2D eigenvalue weighted by Crippen LogP contribution is 2.32. The number of halogens is 2. The van der Waals surface area contributed by atoms with Gasteiger partial charge in [0.25, 0.3) is 0 Å². The molecule has 3 heteroatoms. The van der Waals surface area contributed by atoms with Gasteiger partial charge in [0, 0.05) is 5.54 Å². The fourth-order valence-electron chi connectivity index (χ4n) is 1.72. The highest BCUT2D eigenvalue weighted by molar-refractivity contribution is 6.42. The lowest BCUT2D eigenvalue weighted by Gasteiger charge is -2.22. The second-order valence-electron chi connectivity index (χ2n) is 5.51. The predicted octanol–water partition coefficient (Wildman–Crippen LogP) is 4.88. The van der Waals surface area contributed by atoms with Crippen molar-refractivity contribution < 1.29 is 0 Å². The van der Waals surface area contributed by atoms with Gasteiger partial charge in [0.15, 0.2) is 0 Å². The van der Waals surface area contributed by atoms with Crippen molar-refractivity contribution >= 4 is 23.2 Å². The van der Waals surface area contributed by atoms with Crippen molar-refractivity contribution in [2.24, 2.45) is 0 Å². The van der Waals surface area contributed by atoms with Gasteiger partial charge in [-0.05, 0) is 51.3 Å². The Labute approximate surface area is 115 Å². The van der Waals surface area contributed by atoms with Crippen LogP contribution < -0.4 is 5.32 Å². The second-order valence-corrected chi connectivity index (χ2v) is 6.29. The molecule has 17 heavy (non-hydrogen) atoms. The van der Waals surface area contributed by atoms with Crippen molar-refractivity contribution in [1.82, 2.24) is 5.32 Å². The number of benzene rings is 1. The number of nitrogens with one attached hydrogen (secondary N) is 1. The van der Waals surface area contributed by atoms with E-state index in [0.717, 1.165) is 18.5 Å². The molecule has 0 fully saturated rings. The SMILES string of the molecule is CC(CCNC(C)(C)C)c1cccc(Cl)c1Cl. The number of hydrogen-bond donors (Lipinski definition) is 1. The second kappa shape index (κ2) is 6.08. The van der Waals surface area contributed by atoms with Gasteiger partial charge in [0.05, 0.1) is 10.0 Å². The van der Waals surface area contributed by atoms with Gasteiger partial charge in [0.2, 0.25) is 0 Å². The van der Waals surface area contributed by atoms with E-state index in [4.69, 9.17) is 23.2 Å². The molecule has 1 N–H and O–H groups in total. The van der Waals surface area contributed by atoms with Gasteiger partial charge in [-0.3, -0.25) is 0 Å². The van der Waals surface area contributed by atoms with Gasteiger partial charge < -0.3 is 5.32 Å². The molecule has 1 aromatic carbocycles. The third kappa shape index (κ3) is 4.87. The summed E-state index contributed by atoms with van der Waals surface area (Å²) in [4.78, 5) is 0. The van der Waals surface area contributed by atoms with Crippen molar-refractivity contribution in [3.05, 3.63) is 33.8 Å².